The largest absolute Gasteiger partial charge is 0.491 e. The Morgan fingerprint density at radius 2 is 2.09 bits per heavy atom. The number of H-pyrrole nitrogens is 1. The predicted octanol–water partition coefficient (Wildman–Crippen LogP) is 0.611. The van der Waals surface area contributed by atoms with Crippen LogP contribution in [0.3, 0.4) is 0 Å². The lowest BCUT2D eigenvalue weighted by Gasteiger charge is -2.07. The Balaban J connectivity index is 1.75. The summed E-state index contributed by atoms with van der Waals surface area (Å²) < 4.78 is 6.35. The van der Waals surface area contributed by atoms with E-state index in [1.807, 2.05) is 0 Å². The molecule has 0 saturated heterocycles. The Bertz CT molecular complexity index is 870. The average molecular weight is 312 g/mol. The molecule has 0 fully saturated rings. The molecule has 9 nitrogen and oxygen atoms in total. The number of rotatable bonds is 4. The van der Waals surface area contributed by atoms with Crippen molar-refractivity contribution < 1.29 is 9.53 Å². The minimum atomic E-state index is -0.431. The third-order valence-electron chi connectivity index (χ3n) is 3.08. The molecule has 2 heterocycles. The molecular weight excluding hydrogens is 300 g/mol. The summed E-state index contributed by atoms with van der Waals surface area (Å²) in [7, 11) is 1.39. The Kier molecular flexibility index (Phi) is 3.83. The van der Waals surface area contributed by atoms with E-state index in [1.165, 1.54) is 30.4 Å². The monoisotopic (exact) mass is 312 g/mol. The van der Waals surface area contributed by atoms with Crippen molar-refractivity contribution in [3.8, 4) is 11.4 Å². The number of tetrazole rings is 1. The van der Waals surface area contributed by atoms with Crippen LogP contribution in [0.2, 0.25) is 0 Å². The van der Waals surface area contributed by atoms with Gasteiger partial charge in [0.05, 0.1) is 12.8 Å². The zero-order chi connectivity index (χ0) is 16.2. The fourth-order valence-electron chi connectivity index (χ4n) is 1.92. The lowest BCUT2D eigenvalue weighted by atomic mass is 10.2. The van der Waals surface area contributed by atoms with Crippen molar-refractivity contribution in [3.63, 3.8) is 0 Å². The van der Waals surface area contributed by atoms with Crippen LogP contribution < -0.4 is 15.5 Å². The summed E-state index contributed by atoms with van der Waals surface area (Å²) in [6.07, 6.45) is 2.81. The number of ether oxygens (including phenoxy) is 1. The Morgan fingerprint density at radius 1 is 1.30 bits per heavy atom. The Hall–Kier alpha value is -3.49. The topological polar surface area (TPSA) is 115 Å². The Morgan fingerprint density at radius 3 is 2.70 bits per heavy atom. The van der Waals surface area contributed by atoms with Gasteiger partial charge in [0.1, 0.15) is 12.0 Å². The standard InChI is InChI=1S/C14H12N6O3/c1-23-13-7-15-11(6-12(13)21)14(22)17-9-2-4-10(5-3-9)20-8-16-18-19-20/h2-8H,1H3,(H,15,21)(H,17,22). The number of hydrogen-bond donors (Lipinski definition) is 2. The van der Waals surface area contributed by atoms with Crippen LogP contribution in [0.4, 0.5) is 5.69 Å². The number of aromatic amines is 1. The smallest absolute Gasteiger partial charge is 0.272 e. The molecule has 1 aromatic carbocycles. The van der Waals surface area contributed by atoms with Crippen LogP contribution in [0, 0.1) is 0 Å². The van der Waals surface area contributed by atoms with Crippen LogP contribution in [0.5, 0.6) is 5.75 Å². The van der Waals surface area contributed by atoms with Gasteiger partial charge in [-0.1, -0.05) is 0 Å². The van der Waals surface area contributed by atoms with Gasteiger partial charge in [-0.15, -0.1) is 5.10 Å². The van der Waals surface area contributed by atoms with Crippen molar-refractivity contribution in [1.82, 2.24) is 25.2 Å². The van der Waals surface area contributed by atoms with Gasteiger partial charge >= 0.3 is 0 Å². The molecule has 23 heavy (non-hydrogen) atoms. The molecule has 2 aromatic heterocycles. The molecule has 0 atom stereocenters. The number of hydrogen-bond acceptors (Lipinski definition) is 6. The van der Waals surface area contributed by atoms with E-state index in [0.717, 1.165) is 5.69 Å². The van der Waals surface area contributed by atoms with E-state index >= 15 is 0 Å². The minimum absolute atomic E-state index is 0.139. The van der Waals surface area contributed by atoms with Crippen LogP contribution in [0.25, 0.3) is 5.69 Å². The number of amides is 1. The third kappa shape index (κ3) is 3.07. The number of aromatic nitrogens is 5. The lowest BCUT2D eigenvalue weighted by Crippen LogP contribution is -2.17. The van der Waals surface area contributed by atoms with Crippen molar-refractivity contribution in [3.05, 3.63) is 58.8 Å². The van der Waals surface area contributed by atoms with Crippen LogP contribution in [-0.4, -0.2) is 38.2 Å². The highest BCUT2D eigenvalue weighted by Crippen LogP contribution is 2.13. The van der Waals surface area contributed by atoms with E-state index in [9.17, 15) is 9.59 Å². The number of pyridine rings is 1. The molecule has 0 aliphatic carbocycles. The molecule has 0 aliphatic rings. The molecule has 2 N–H and O–H groups in total. The van der Waals surface area contributed by atoms with Crippen molar-refractivity contribution in [2.75, 3.05) is 12.4 Å². The maximum Gasteiger partial charge on any atom is 0.272 e. The summed E-state index contributed by atoms with van der Waals surface area (Å²) in [6.45, 7) is 0. The number of anilines is 1. The molecule has 0 unspecified atom stereocenters. The number of benzene rings is 1. The first-order valence-corrected chi connectivity index (χ1v) is 6.59. The first-order valence-electron chi connectivity index (χ1n) is 6.59. The fourth-order valence-corrected chi connectivity index (χ4v) is 1.92. The highest BCUT2D eigenvalue weighted by molar-refractivity contribution is 6.02. The highest BCUT2D eigenvalue weighted by atomic mass is 16.5. The zero-order valence-electron chi connectivity index (χ0n) is 12.1. The summed E-state index contributed by atoms with van der Waals surface area (Å²) in [4.78, 5) is 26.5. The van der Waals surface area contributed by atoms with Gasteiger partial charge in [-0.3, -0.25) is 9.59 Å². The summed E-state index contributed by atoms with van der Waals surface area (Å²) in [5.41, 5.74) is 1.10. The van der Waals surface area contributed by atoms with Crippen molar-refractivity contribution in [1.29, 1.82) is 0 Å². The molecule has 3 rings (SSSR count). The second-order valence-corrected chi connectivity index (χ2v) is 4.53. The summed E-state index contributed by atoms with van der Waals surface area (Å²) in [5, 5.41) is 13.6. The number of nitrogens with zero attached hydrogens (tertiary/aromatic N) is 4. The molecule has 0 radical (unpaired) electrons. The van der Waals surface area contributed by atoms with Gasteiger partial charge in [-0.2, -0.15) is 0 Å². The summed E-state index contributed by atoms with van der Waals surface area (Å²) in [6, 6.07) is 8.10. The van der Waals surface area contributed by atoms with E-state index < -0.39 is 5.91 Å². The van der Waals surface area contributed by atoms with Gasteiger partial charge in [0.2, 0.25) is 5.43 Å². The first-order chi connectivity index (χ1) is 11.2. The van der Waals surface area contributed by atoms with E-state index in [4.69, 9.17) is 4.74 Å². The molecule has 0 saturated carbocycles. The highest BCUT2D eigenvalue weighted by Gasteiger charge is 2.09. The van der Waals surface area contributed by atoms with Crippen molar-refractivity contribution in [2.24, 2.45) is 0 Å². The second-order valence-electron chi connectivity index (χ2n) is 4.53. The maximum atomic E-state index is 12.1. The van der Waals surface area contributed by atoms with Crippen molar-refractivity contribution >= 4 is 11.6 Å². The van der Waals surface area contributed by atoms with Gasteiger partial charge in [-0.05, 0) is 34.7 Å². The van der Waals surface area contributed by atoms with Gasteiger partial charge in [0.25, 0.3) is 5.91 Å². The van der Waals surface area contributed by atoms with E-state index in [0.29, 0.717) is 5.69 Å². The van der Waals surface area contributed by atoms with E-state index in [1.54, 1.807) is 24.3 Å². The number of nitrogens with one attached hydrogen (secondary N) is 2. The molecule has 1 amide bonds. The predicted molar refractivity (Wildman–Crippen MR) is 80.7 cm³/mol. The number of methoxy groups -OCH3 is 1. The van der Waals surface area contributed by atoms with Gasteiger partial charge in [0, 0.05) is 18.0 Å². The fraction of sp³-hybridized carbons (Fsp3) is 0.0714. The Labute approximate surface area is 129 Å². The molecular formula is C14H12N6O3. The minimum Gasteiger partial charge on any atom is -0.491 e. The molecule has 0 aliphatic heterocycles. The van der Waals surface area contributed by atoms with E-state index in [2.05, 4.69) is 25.8 Å². The molecule has 0 spiro atoms. The lowest BCUT2D eigenvalue weighted by molar-refractivity contribution is 0.102. The van der Waals surface area contributed by atoms with Crippen molar-refractivity contribution in [2.45, 2.75) is 0 Å². The van der Waals surface area contributed by atoms with Gasteiger partial charge in [0.15, 0.2) is 5.75 Å². The number of carbonyl (C=O) groups is 1. The van der Waals surface area contributed by atoms with Crippen LogP contribution >= 0.6 is 0 Å². The summed E-state index contributed by atoms with van der Waals surface area (Å²) in [5.74, 6) is -0.285. The molecule has 9 heteroatoms. The van der Waals surface area contributed by atoms with Crippen LogP contribution in [0.1, 0.15) is 10.5 Å². The quantitative estimate of drug-likeness (QED) is 0.729. The first kappa shape index (κ1) is 14.4. The third-order valence-corrected chi connectivity index (χ3v) is 3.08. The number of carbonyl (C=O) groups excluding carboxylic acids is 1. The van der Waals surface area contributed by atoms with Gasteiger partial charge < -0.3 is 15.0 Å². The maximum absolute atomic E-state index is 12.1. The second kappa shape index (κ2) is 6.10. The van der Waals surface area contributed by atoms with Crippen LogP contribution in [0.15, 0.2) is 47.7 Å². The van der Waals surface area contributed by atoms with Crippen LogP contribution in [-0.2, 0) is 0 Å². The average Bonchev–Trinajstić information content (AvgIpc) is 3.10. The normalized spacial score (nSPS) is 10.3. The van der Waals surface area contributed by atoms with Gasteiger partial charge in [-0.25, -0.2) is 4.68 Å². The van der Waals surface area contributed by atoms with E-state index in [-0.39, 0.29) is 16.9 Å². The zero-order valence-corrected chi connectivity index (χ0v) is 12.1. The molecule has 3 aromatic rings. The molecule has 0 bridgehead atoms. The SMILES string of the molecule is COc1c[nH]c(C(=O)Nc2ccc(-n3cnnn3)cc2)cc1=O. The molecule has 116 valence electrons. The summed E-state index contributed by atoms with van der Waals surface area (Å²) >= 11 is 0.